The van der Waals surface area contributed by atoms with Crippen molar-refractivity contribution in [1.29, 1.82) is 0 Å². The molecule has 0 aromatic carbocycles. The van der Waals surface area contributed by atoms with Gasteiger partial charge in [0.05, 0.1) is 0 Å². The molecule has 0 aliphatic carbocycles. The Balaban J connectivity index is 2.18. The van der Waals surface area contributed by atoms with Crippen LogP contribution < -0.4 is 10.2 Å². The van der Waals surface area contributed by atoms with Gasteiger partial charge >= 0.3 is 0 Å². The molecule has 2 unspecified atom stereocenters. The van der Waals surface area contributed by atoms with Crippen molar-refractivity contribution in [3.8, 4) is 0 Å². The van der Waals surface area contributed by atoms with E-state index in [4.69, 9.17) is 4.98 Å². The zero-order valence-electron chi connectivity index (χ0n) is 13.6. The fraction of sp³-hybridized carbons (Fsp3) is 0.706. The van der Waals surface area contributed by atoms with Crippen LogP contribution in [-0.4, -0.2) is 23.6 Å². The van der Waals surface area contributed by atoms with Crippen molar-refractivity contribution in [3.63, 3.8) is 0 Å². The molecule has 20 heavy (non-hydrogen) atoms. The van der Waals surface area contributed by atoms with Crippen LogP contribution in [0.15, 0.2) is 12.1 Å². The maximum Gasteiger partial charge on any atom is 0.129 e. The van der Waals surface area contributed by atoms with Crippen LogP contribution in [0.4, 0.5) is 5.82 Å². The summed E-state index contributed by atoms with van der Waals surface area (Å²) in [7, 11) is 0. The summed E-state index contributed by atoms with van der Waals surface area (Å²) in [5.41, 5.74) is 2.46. The van der Waals surface area contributed by atoms with E-state index in [0.29, 0.717) is 12.1 Å². The van der Waals surface area contributed by atoms with E-state index in [1.165, 1.54) is 18.4 Å². The molecule has 2 heterocycles. The molecule has 1 aromatic rings. The Morgan fingerprint density at radius 3 is 2.75 bits per heavy atom. The molecule has 0 bridgehead atoms. The Bertz CT molecular complexity index is 442. The topological polar surface area (TPSA) is 28.2 Å². The number of rotatable bonds is 4. The third kappa shape index (κ3) is 3.95. The van der Waals surface area contributed by atoms with Crippen molar-refractivity contribution in [1.82, 2.24) is 10.3 Å². The lowest BCUT2D eigenvalue weighted by Gasteiger charge is -2.38. The van der Waals surface area contributed by atoms with Gasteiger partial charge in [0.25, 0.3) is 0 Å². The lowest BCUT2D eigenvalue weighted by Crippen LogP contribution is -2.41. The summed E-state index contributed by atoms with van der Waals surface area (Å²) in [5, 5.41) is 3.49. The van der Waals surface area contributed by atoms with Gasteiger partial charge in [-0.3, -0.25) is 0 Å². The quantitative estimate of drug-likeness (QED) is 0.911. The minimum atomic E-state index is 0.515. The molecule has 3 nitrogen and oxygen atoms in total. The van der Waals surface area contributed by atoms with Crippen LogP contribution in [0.3, 0.4) is 0 Å². The SMILES string of the molecule is Cc1cc(CNC(C)C)cc(N2CC(C)CCC2C)n1. The Morgan fingerprint density at radius 2 is 2.05 bits per heavy atom. The molecule has 2 atom stereocenters. The van der Waals surface area contributed by atoms with E-state index < -0.39 is 0 Å². The molecule has 1 aliphatic rings. The molecular formula is C17H29N3. The summed E-state index contributed by atoms with van der Waals surface area (Å²) in [6, 6.07) is 5.57. The third-order valence-electron chi connectivity index (χ3n) is 4.13. The zero-order valence-corrected chi connectivity index (χ0v) is 13.6. The molecule has 1 saturated heterocycles. The maximum absolute atomic E-state index is 4.77. The van der Waals surface area contributed by atoms with E-state index in [2.05, 4.69) is 57.0 Å². The number of nitrogens with one attached hydrogen (secondary N) is 1. The van der Waals surface area contributed by atoms with Crippen LogP contribution in [0.2, 0.25) is 0 Å². The van der Waals surface area contributed by atoms with Crippen molar-refractivity contribution in [2.45, 2.75) is 66.1 Å². The molecule has 1 N–H and O–H groups in total. The van der Waals surface area contributed by atoms with Gasteiger partial charge in [-0.05, 0) is 50.3 Å². The van der Waals surface area contributed by atoms with Gasteiger partial charge in [-0.15, -0.1) is 0 Å². The summed E-state index contributed by atoms with van der Waals surface area (Å²) in [4.78, 5) is 7.25. The molecule has 1 aliphatic heterocycles. The zero-order chi connectivity index (χ0) is 14.7. The molecule has 0 amide bonds. The van der Waals surface area contributed by atoms with Crippen LogP contribution in [0.5, 0.6) is 0 Å². The third-order valence-corrected chi connectivity index (χ3v) is 4.13. The summed E-state index contributed by atoms with van der Waals surface area (Å²) in [5.74, 6) is 1.93. The van der Waals surface area contributed by atoms with Crippen molar-refractivity contribution < 1.29 is 0 Å². The van der Waals surface area contributed by atoms with Crippen molar-refractivity contribution >= 4 is 5.82 Å². The first-order valence-electron chi connectivity index (χ1n) is 7.93. The summed E-state index contributed by atoms with van der Waals surface area (Å²) >= 11 is 0. The summed E-state index contributed by atoms with van der Waals surface area (Å²) in [6.07, 6.45) is 2.61. The fourth-order valence-electron chi connectivity index (χ4n) is 2.90. The number of pyridine rings is 1. The number of hydrogen-bond acceptors (Lipinski definition) is 3. The van der Waals surface area contributed by atoms with Gasteiger partial charge < -0.3 is 10.2 Å². The Morgan fingerprint density at radius 1 is 1.30 bits per heavy atom. The van der Waals surface area contributed by atoms with Gasteiger partial charge in [0.15, 0.2) is 0 Å². The first-order valence-corrected chi connectivity index (χ1v) is 7.93. The van der Waals surface area contributed by atoms with E-state index in [1.807, 2.05) is 0 Å². The number of piperidine rings is 1. The molecule has 112 valence electrons. The highest BCUT2D eigenvalue weighted by Crippen LogP contribution is 2.27. The number of hydrogen-bond donors (Lipinski definition) is 1. The van der Waals surface area contributed by atoms with Crippen molar-refractivity contribution in [2.24, 2.45) is 5.92 Å². The Labute approximate surface area is 123 Å². The van der Waals surface area contributed by atoms with Crippen LogP contribution in [0.1, 0.15) is 51.8 Å². The van der Waals surface area contributed by atoms with E-state index in [9.17, 15) is 0 Å². The molecule has 2 rings (SSSR count). The van der Waals surface area contributed by atoms with Gasteiger partial charge in [0.2, 0.25) is 0 Å². The average molecular weight is 275 g/mol. The van der Waals surface area contributed by atoms with E-state index >= 15 is 0 Å². The molecule has 1 fully saturated rings. The largest absolute Gasteiger partial charge is 0.354 e. The number of nitrogens with zero attached hydrogens (tertiary/aromatic N) is 2. The molecule has 0 radical (unpaired) electrons. The Kier molecular flexibility index (Phi) is 5.03. The van der Waals surface area contributed by atoms with E-state index in [-0.39, 0.29) is 0 Å². The summed E-state index contributed by atoms with van der Waals surface area (Å²) < 4.78 is 0. The molecule has 3 heteroatoms. The lowest BCUT2D eigenvalue weighted by molar-refractivity contribution is 0.388. The lowest BCUT2D eigenvalue weighted by atomic mass is 9.95. The molecule has 0 saturated carbocycles. The summed E-state index contributed by atoms with van der Waals surface area (Å²) in [6.45, 7) is 13.2. The van der Waals surface area contributed by atoms with Gasteiger partial charge in [-0.25, -0.2) is 4.98 Å². The van der Waals surface area contributed by atoms with Gasteiger partial charge in [0, 0.05) is 30.9 Å². The minimum absolute atomic E-state index is 0.515. The van der Waals surface area contributed by atoms with E-state index in [0.717, 1.165) is 30.5 Å². The average Bonchev–Trinajstić information content (AvgIpc) is 2.38. The molecule has 0 spiro atoms. The van der Waals surface area contributed by atoms with Crippen LogP contribution >= 0.6 is 0 Å². The fourth-order valence-corrected chi connectivity index (χ4v) is 2.90. The highest BCUT2D eigenvalue weighted by Gasteiger charge is 2.24. The smallest absolute Gasteiger partial charge is 0.129 e. The van der Waals surface area contributed by atoms with Crippen molar-refractivity contribution in [3.05, 3.63) is 23.4 Å². The normalized spacial score (nSPS) is 23.4. The predicted molar refractivity (Wildman–Crippen MR) is 86.2 cm³/mol. The number of aryl methyl sites for hydroxylation is 1. The van der Waals surface area contributed by atoms with Gasteiger partial charge in [-0.2, -0.15) is 0 Å². The molecule has 1 aromatic heterocycles. The first-order chi connectivity index (χ1) is 9.45. The number of anilines is 1. The highest BCUT2D eigenvalue weighted by atomic mass is 15.2. The highest BCUT2D eigenvalue weighted by molar-refractivity contribution is 5.44. The van der Waals surface area contributed by atoms with Crippen LogP contribution in [-0.2, 0) is 6.54 Å². The van der Waals surface area contributed by atoms with Gasteiger partial charge in [-0.1, -0.05) is 20.8 Å². The van der Waals surface area contributed by atoms with Crippen LogP contribution in [0.25, 0.3) is 0 Å². The second kappa shape index (κ2) is 6.57. The second-order valence-corrected chi connectivity index (χ2v) is 6.69. The first kappa shape index (κ1) is 15.3. The number of aromatic nitrogens is 1. The van der Waals surface area contributed by atoms with Gasteiger partial charge in [0.1, 0.15) is 5.82 Å². The standard InChI is InChI=1S/C17H29N3/c1-12(2)18-10-16-8-14(4)19-17(9-16)20-11-13(3)6-7-15(20)5/h8-9,12-13,15,18H,6-7,10-11H2,1-5H3. The maximum atomic E-state index is 4.77. The minimum Gasteiger partial charge on any atom is -0.354 e. The monoisotopic (exact) mass is 275 g/mol. The Hall–Kier alpha value is -1.09. The predicted octanol–water partition coefficient (Wildman–Crippen LogP) is 3.51. The molecular weight excluding hydrogens is 246 g/mol. The van der Waals surface area contributed by atoms with E-state index in [1.54, 1.807) is 0 Å². The van der Waals surface area contributed by atoms with Crippen LogP contribution in [0, 0.1) is 12.8 Å². The second-order valence-electron chi connectivity index (χ2n) is 6.69. The van der Waals surface area contributed by atoms with Crippen molar-refractivity contribution in [2.75, 3.05) is 11.4 Å².